The van der Waals surface area contributed by atoms with Crippen LogP contribution in [0.15, 0.2) is 0 Å². The van der Waals surface area contributed by atoms with E-state index in [4.69, 9.17) is 0 Å². The molecule has 1 saturated carbocycles. The molecule has 0 aromatic heterocycles. The summed E-state index contributed by atoms with van der Waals surface area (Å²) in [6, 6.07) is 0.618. The zero-order valence-electron chi connectivity index (χ0n) is 9.79. The van der Waals surface area contributed by atoms with Gasteiger partial charge in [-0.05, 0) is 51.0 Å². The van der Waals surface area contributed by atoms with Crippen LogP contribution in [0.4, 0.5) is 0 Å². The summed E-state index contributed by atoms with van der Waals surface area (Å²) in [4.78, 5) is 0. The predicted molar refractivity (Wildman–Crippen MR) is 60.3 cm³/mol. The highest BCUT2D eigenvalue weighted by Crippen LogP contribution is 2.24. The van der Waals surface area contributed by atoms with Crippen molar-refractivity contribution in [1.29, 1.82) is 0 Å². The first-order valence-corrected chi connectivity index (χ1v) is 5.99. The number of rotatable bonds is 5. The Labute approximate surface area is 88.1 Å². The monoisotopic (exact) mass is 199 g/mol. The van der Waals surface area contributed by atoms with E-state index in [9.17, 15) is 5.11 Å². The molecule has 0 bridgehead atoms. The third-order valence-electron chi connectivity index (χ3n) is 3.09. The highest BCUT2D eigenvalue weighted by molar-refractivity contribution is 4.77. The largest absolute Gasteiger partial charge is 0.393 e. The van der Waals surface area contributed by atoms with Crippen molar-refractivity contribution in [3.63, 3.8) is 0 Å². The Kier molecular flexibility index (Phi) is 4.90. The van der Waals surface area contributed by atoms with Gasteiger partial charge >= 0.3 is 0 Å². The van der Waals surface area contributed by atoms with Crippen LogP contribution < -0.4 is 5.32 Å². The van der Waals surface area contributed by atoms with Gasteiger partial charge in [0, 0.05) is 6.04 Å². The van der Waals surface area contributed by atoms with Gasteiger partial charge in [0.2, 0.25) is 0 Å². The average molecular weight is 199 g/mol. The van der Waals surface area contributed by atoms with Gasteiger partial charge in [-0.2, -0.15) is 0 Å². The zero-order valence-corrected chi connectivity index (χ0v) is 9.79. The van der Waals surface area contributed by atoms with Crippen LogP contribution in [0.2, 0.25) is 0 Å². The highest BCUT2D eigenvalue weighted by Gasteiger charge is 2.22. The van der Waals surface area contributed by atoms with Crippen molar-refractivity contribution in [2.45, 2.75) is 58.6 Å². The molecule has 0 aliphatic heterocycles. The van der Waals surface area contributed by atoms with Crippen LogP contribution in [0.25, 0.3) is 0 Å². The number of hydrogen-bond donors (Lipinski definition) is 2. The maximum atomic E-state index is 9.38. The van der Waals surface area contributed by atoms with Crippen LogP contribution >= 0.6 is 0 Å². The summed E-state index contributed by atoms with van der Waals surface area (Å²) >= 11 is 0. The molecule has 1 aliphatic rings. The second-order valence-electron chi connectivity index (χ2n) is 5.27. The Morgan fingerprint density at radius 1 is 1.29 bits per heavy atom. The van der Waals surface area contributed by atoms with E-state index in [1.807, 2.05) is 0 Å². The van der Waals surface area contributed by atoms with Crippen LogP contribution in [-0.4, -0.2) is 23.8 Å². The fraction of sp³-hybridized carbons (Fsp3) is 1.00. The first kappa shape index (κ1) is 12.0. The molecule has 0 spiro atoms. The lowest BCUT2D eigenvalue weighted by Gasteiger charge is -2.18. The van der Waals surface area contributed by atoms with Gasteiger partial charge in [0.1, 0.15) is 0 Å². The van der Waals surface area contributed by atoms with Crippen molar-refractivity contribution in [2.24, 2.45) is 11.8 Å². The molecule has 0 saturated heterocycles. The van der Waals surface area contributed by atoms with E-state index in [1.165, 1.54) is 12.8 Å². The Bertz CT molecular complexity index is 158. The average Bonchev–Trinajstić information content (AvgIpc) is 2.47. The van der Waals surface area contributed by atoms with Crippen LogP contribution in [0.1, 0.15) is 46.5 Å². The Balaban J connectivity index is 2.08. The minimum Gasteiger partial charge on any atom is -0.393 e. The second-order valence-corrected chi connectivity index (χ2v) is 5.27. The SMILES string of the molecule is CC(C)CC(C)NCC1CCC(O)C1. The Morgan fingerprint density at radius 2 is 2.00 bits per heavy atom. The Morgan fingerprint density at radius 3 is 2.50 bits per heavy atom. The summed E-state index contributed by atoms with van der Waals surface area (Å²) < 4.78 is 0. The third kappa shape index (κ3) is 4.43. The highest BCUT2D eigenvalue weighted by atomic mass is 16.3. The van der Waals surface area contributed by atoms with Crippen molar-refractivity contribution in [2.75, 3.05) is 6.54 Å². The van der Waals surface area contributed by atoms with E-state index in [-0.39, 0.29) is 6.10 Å². The van der Waals surface area contributed by atoms with Gasteiger partial charge in [-0.25, -0.2) is 0 Å². The summed E-state index contributed by atoms with van der Waals surface area (Å²) in [6.45, 7) is 7.87. The lowest BCUT2D eigenvalue weighted by molar-refractivity contribution is 0.177. The first-order chi connectivity index (χ1) is 6.58. The molecule has 0 heterocycles. The quantitative estimate of drug-likeness (QED) is 0.711. The number of aliphatic hydroxyl groups is 1. The molecule has 1 fully saturated rings. The van der Waals surface area contributed by atoms with Crippen LogP contribution in [-0.2, 0) is 0 Å². The normalized spacial score (nSPS) is 29.8. The van der Waals surface area contributed by atoms with Crippen LogP contribution in [0.3, 0.4) is 0 Å². The molecule has 14 heavy (non-hydrogen) atoms. The van der Waals surface area contributed by atoms with Gasteiger partial charge in [-0.15, -0.1) is 0 Å². The smallest absolute Gasteiger partial charge is 0.0543 e. The molecule has 2 heteroatoms. The minimum absolute atomic E-state index is 0.0257. The lowest BCUT2D eigenvalue weighted by atomic mass is 10.0. The Hall–Kier alpha value is -0.0800. The standard InChI is InChI=1S/C12H25NO/c1-9(2)6-10(3)13-8-11-4-5-12(14)7-11/h9-14H,4-8H2,1-3H3. The van der Waals surface area contributed by atoms with Crippen molar-refractivity contribution >= 4 is 0 Å². The molecular weight excluding hydrogens is 174 g/mol. The first-order valence-electron chi connectivity index (χ1n) is 5.99. The van der Waals surface area contributed by atoms with E-state index in [1.54, 1.807) is 0 Å². The molecule has 3 unspecified atom stereocenters. The molecular formula is C12H25NO. The number of nitrogens with one attached hydrogen (secondary N) is 1. The molecule has 0 amide bonds. The van der Waals surface area contributed by atoms with E-state index in [0.29, 0.717) is 12.0 Å². The molecule has 3 atom stereocenters. The van der Waals surface area contributed by atoms with Gasteiger partial charge in [-0.3, -0.25) is 0 Å². The van der Waals surface area contributed by atoms with Crippen LogP contribution in [0, 0.1) is 11.8 Å². The van der Waals surface area contributed by atoms with Crippen molar-refractivity contribution < 1.29 is 5.11 Å². The lowest BCUT2D eigenvalue weighted by Crippen LogP contribution is -2.31. The molecule has 1 rings (SSSR count). The van der Waals surface area contributed by atoms with E-state index in [0.717, 1.165) is 25.3 Å². The molecule has 0 aromatic carbocycles. The summed E-state index contributed by atoms with van der Waals surface area (Å²) in [5.74, 6) is 1.48. The van der Waals surface area contributed by atoms with E-state index < -0.39 is 0 Å². The predicted octanol–water partition coefficient (Wildman–Crippen LogP) is 2.17. The fourth-order valence-electron chi connectivity index (χ4n) is 2.39. The summed E-state index contributed by atoms with van der Waals surface area (Å²) in [5, 5.41) is 12.9. The van der Waals surface area contributed by atoms with E-state index in [2.05, 4.69) is 26.1 Å². The summed E-state index contributed by atoms with van der Waals surface area (Å²) in [6.07, 6.45) is 4.42. The maximum Gasteiger partial charge on any atom is 0.0543 e. The molecule has 2 nitrogen and oxygen atoms in total. The molecule has 0 radical (unpaired) electrons. The van der Waals surface area contributed by atoms with Crippen molar-refractivity contribution in [1.82, 2.24) is 5.32 Å². The van der Waals surface area contributed by atoms with Crippen molar-refractivity contribution in [3.8, 4) is 0 Å². The third-order valence-corrected chi connectivity index (χ3v) is 3.09. The van der Waals surface area contributed by atoms with Gasteiger partial charge in [-0.1, -0.05) is 13.8 Å². The number of aliphatic hydroxyl groups excluding tert-OH is 1. The fourth-order valence-corrected chi connectivity index (χ4v) is 2.39. The summed E-state index contributed by atoms with van der Waals surface area (Å²) in [5.41, 5.74) is 0. The van der Waals surface area contributed by atoms with Crippen molar-refractivity contribution in [3.05, 3.63) is 0 Å². The zero-order chi connectivity index (χ0) is 10.6. The minimum atomic E-state index is -0.0257. The molecule has 0 aromatic rings. The molecule has 84 valence electrons. The summed E-state index contributed by atoms with van der Waals surface area (Å²) in [7, 11) is 0. The van der Waals surface area contributed by atoms with Gasteiger partial charge in [0.15, 0.2) is 0 Å². The topological polar surface area (TPSA) is 32.3 Å². The van der Waals surface area contributed by atoms with Gasteiger partial charge in [0.05, 0.1) is 6.10 Å². The molecule has 2 N–H and O–H groups in total. The molecule has 1 aliphatic carbocycles. The van der Waals surface area contributed by atoms with E-state index >= 15 is 0 Å². The van der Waals surface area contributed by atoms with Crippen LogP contribution in [0.5, 0.6) is 0 Å². The maximum absolute atomic E-state index is 9.38. The van der Waals surface area contributed by atoms with Gasteiger partial charge in [0.25, 0.3) is 0 Å². The second kappa shape index (κ2) is 5.72. The number of hydrogen-bond acceptors (Lipinski definition) is 2. The van der Waals surface area contributed by atoms with Gasteiger partial charge < -0.3 is 10.4 Å².